The molecule has 4 nitrogen and oxygen atoms in total. The van der Waals surface area contributed by atoms with Crippen molar-refractivity contribution in [1.82, 2.24) is 5.32 Å². The van der Waals surface area contributed by atoms with Crippen molar-refractivity contribution in [2.24, 2.45) is 5.73 Å². The summed E-state index contributed by atoms with van der Waals surface area (Å²) < 4.78 is 0. The van der Waals surface area contributed by atoms with Gasteiger partial charge in [0.25, 0.3) is 0 Å². The summed E-state index contributed by atoms with van der Waals surface area (Å²) in [6.45, 7) is 1.99. The zero-order chi connectivity index (χ0) is 11.0. The number of nitrogens with two attached hydrogens (primary N) is 1. The first kappa shape index (κ1) is 13.4. The average Bonchev–Trinajstić information content (AvgIpc) is 2.15. The zero-order valence-corrected chi connectivity index (χ0v) is 9.14. The molecule has 1 amide bonds. The lowest BCUT2D eigenvalue weighted by Gasteiger charge is -2.14. The van der Waals surface area contributed by atoms with Crippen LogP contribution in [0.1, 0.15) is 26.2 Å². The highest BCUT2D eigenvalue weighted by atomic mass is 35.5. The molecule has 0 bridgehead atoms. The van der Waals surface area contributed by atoms with Gasteiger partial charge in [0.05, 0.1) is 11.9 Å². The highest BCUT2D eigenvalue weighted by molar-refractivity contribution is 6.28. The van der Waals surface area contributed by atoms with Crippen molar-refractivity contribution in [2.75, 3.05) is 12.4 Å². The normalized spacial score (nSPS) is 12.2. The van der Waals surface area contributed by atoms with Crippen LogP contribution < -0.4 is 11.1 Å². The second kappa shape index (κ2) is 7.76. The number of ketones is 1. The number of rotatable bonds is 7. The van der Waals surface area contributed by atoms with E-state index in [1.807, 2.05) is 0 Å². The van der Waals surface area contributed by atoms with Crippen LogP contribution in [0.2, 0.25) is 0 Å². The van der Waals surface area contributed by atoms with E-state index < -0.39 is 6.04 Å². The number of Topliss-reactive ketones (excluding diaryl/α,β-unsaturated/α-hetero) is 1. The Morgan fingerprint density at radius 1 is 1.43 bits per heavy atom. The summed E-state index contributed by atoms with van der Waals surface area (Å²) in [6.07, 6.45) is 2.29. The van der Waals surface area contributed by atoms with E-state index in [-0.39, 0.29) is 17.6 Å². The molecule has 0 radical (unpaired) electrons. The van der Waals surface area contributed by atoms with E-state index in [0.717, 1.165) is 12.8 Å². The Kier molecular flexibility index (Phi) is 7.42. The molecule has 0 fully saturated rings. The maximum atomic E-state index is 11.3. The standard InChI is InChI=1S/C9H17ClN2O2/c1-7(13)12-8(9(14)6-10)4-2-3-5-11/h8H,2-6,11H2,1H3,(H,12,13). The Hall–Kier alpha value is -0.610. The first-order valence-electron chi connectivity index (χ1n) is 4.67. The molecule has 0 aromatic heterocycles. The number of hydrogen-bond donors (Lipinski definition) is 2. The predicted molar refractivity (Wildman–Crippen MR) is 56.2 cm³/mol. The molecule has 0 aliphatic heterocycles. The first-order chi connectivity index (χ1) is 6.61. The van der Waals surface area contributed by atoms with E-state index in [9.17, 15) is 9.59 Å². The number of amides is 1. The maximum Gasteiger partial charge on any atom is 0.217 e. The van der Waals surface area contributed by atoms with Crippen LogP contribution in [0, 0.1) is 0 Å². The van der Waals surface area contributed by atoms with Gasteiger partial charge in [-0.1, -0.05) is 0 Å². The van der Waals surface area contributed by atoms with Crippen LogP contribution in [-0.4, -0.2) is 30.2 Å². The average molecular weight is 221 g/mol. The predicted octanol–water partition coefficient (Wildman–Crippen LogP) is 0.428. The van der Waals surface area contributed by atoms with Gasteiger partial charge in [-0.2, -0.15) is 0 Å². The summed E-state index contributed by atoms with van der Waals surface area (Å²) in [5.74, 6) is -0.409. The zero-order valence-electron chi connectivity index (χ0n) is 8.38. The number of carbonyl (C=O) groups excluding carboxylic acids is 2. The lowest BCUT2D eigenvalue weighted by Crippen LogP contribution is -2.40. The lowest BCUT2D eigenvalue weighted by atomic mass is 10.1. The van der Waals surface area contributed by atoms with Gasteiger partial charge < -0.3 is 11.1 Å². The molecule has 0 heterocycles. The molecule has 14 heavy (non-hydrogen) atoms. The van der Waals surface area contributed by atoms with Gasteiger partial charge in [-0.15, -0.1) is 11.6 Å². The Morgan fingerprint density at radius 3 is 2.50 bits per heavy atom. The van der Waals surface area contributed by atoms with Crippen molar-refractivity contribution < 1.29 is 9.59 Å². The van der Waals surface area contributed by atoms with Gasteiger partial charge in [-0.25, -0.2) is 0 Å². The Bertz CT molecular complexity index is 197. The van der Waals surface area contributed by atoms with E-state index in [1.54, 1.807) is 0 Å². The van der Waals surface area contributed by atoms with Crippen molar-refractivity contribution in [3.63, 3.8) is 0 Å². The summed E-state index contributed by atoms with van der Waals surface area (Å²) in [6, 6.07) is -0.448. The monoisotopic (exact) mass is 220 g/mol. The van der Waals surface area contributed by atoms with E-state index in [1.165, 1.54) is 6.92 Å². The molecule has 0 spiro atoms. The minimum Gasteiger partial charge on any atom is -0.346 e. The topological polar surface area (TPSA) is 72.2 Å². The SMILES string of the molecule is CC(=O)NC(CCCCN)C(=O)CCl. The van der Waals surface area contributed by atoms with Crippen molar-refractivity contribution in [2.45, 2.75) is 32.2 Å². The van der Waals surface area contributed by atoms with Crippen LogP contribution in [0.15, 0.2) is 0 Å². The molecule has 1 unspecified atom stereocenters. The van der Waals surface area contributed by atoms with E-state index >= 15 is 0 Å². The molecule has 0 saturated heterocycles. The third kappa shape index (κ3) is 5.94. The molecule has 1 atom stereocenters. The molecule has 5 heteroatoms. The van der Waals surface area contributed by atoms with Crippen LogP contribution in [-0.2, 0) is 9.59 Å². The second-order valence-corrected chi connectivity index (χ2v) is 3.40. The smallest absolute Gasteiger partial charge is 0.217 e. The molecule has 0 aromatic rings. The van der Waals surface area contributed by atoms with Crippen molar-refractivity contribution in [3.8, 4) is 0 Å². The van der Waals surface area contributed by atoms with Crippen LogP contribution >= 0.6 is 11.6 Å². The quantitative estimate of drug-likeness (QED) is 0.483. The molecule has 82 valence electrons. The number of alkyl halides is 1. The fourth-order valence-corrected chi connectivity index (χ4v) is 1.33. The summed E-state index contributed by atoms with van der Waals surface area (Å²) >= 11 is 5.42. The van der Waals surface area contributed by atoms with Gasteiger partial charge in [0, 0.05) is 6.92 Å². The van der Waals surface area contributed by atoms with Gasteiger partial charge in [0.15, 0.2) is 5.78 Å². The van der Waals surface area contributed by atoms with E-state index in [2.05, 4.69) is 5.32 Å². The number of halogens is 1. The molecule has 0 aliphatic carbocycles. The molecule has 0 saturated carbocycles. The highest BCUT2D eigenvalue weighted by Gasteiger charge is 2.17. The fourth-order valence-electron chi connectivity index (χ4n) is 1.14. The van der Waals surface area contributed by atoms with Gasteiger partial charge in [-0.3, -0.25) is 9.59 Å². The third-order valence-corrected chi connectivity index (χ3v) is 2.11. The minimum atomic E-state index is -0.448. The third-order valence-electron chi connectivity index (χ3n) is 1.84. The van der Waals surface area contributed by atoms with Gasteiger partial charge in [-0.05, 0) is 25.8 Å². The first-order valence-corrected chi connectivity index (χ1v) is 5.21. The van der Waals surface area contributed by atoms with Crippen LogP contribution in [0.3, 0.4) is 0 Å². The van der Waals surface area contributed by atoms with E-state index in [4.69, 9.17) is 17.3 Å². The summed E-state index contributed by atoms with van der Waals surface area (Å²) in [4.78, 5) is 22.0. The molecule has 0 rings (SSSR count). The van der Waals surface area contributed by atoms with Crippen LogP contribution in [0.4, 0.5) is 0 Å². The highest BCUT2D eigenvalue weighted by Crippen LogP contribution is 2.02. The van der Waals surface area contributed by atoms with E-state index in [0.29, 0.717) is 13.0 Å². The Morgan fingerprint density at radius 2 is 2.07 bits per heavy atom. The maximum absolute atomic E-state index is 11.3. The minimum absolute atomic E-state index is 0.0619. The van der Waals surface area contributed by atoms with Gasteiger partial charge >= 0.3 is 0 Å². The number of unbranched alkanes of at least 4 members (excludes halogenated alkanes) is 1. The Labute approximate surface area is 89.2 Å². The fraction of sp³-hybridized carbons (Fsp3) is 0.778. The molecule has 0 aliphatic rings. The summed E-state index contributed by atoms with van der Waals surface area (Å²) in [5, 5.41) is 2.58. The van der Waals surface area contributed by atoms with Crippen molar-refractivity contribution in [1.29, 1.82) is 0 Å². The van der Waals surface area contributed by atoms with Crippen LogP contribution in [0.25, 0.3) is 0 Å². The lowest BCUT2D eigenvalue weighted by molar-refractivity contribution is -0.125. The number of carbonyl (C=O) groups is 2. The van der Waals surface area contributed by atoms with Crippen molar-refractivity contribution >= 4 is 23.3 Å². The van der Waals surface area contributed by atoms with Crippen molar-refractivity contribution in [3.05, 3.63) is 0 Å². The van der Waals surface area contributed by atoms with Gasteiger partial charge in [0.2, 0.25) is 5.91 Å². The number of hydrogen-bond acceptors (Lipinski definition) is 3. The Balaban J connectivity index is 3.97. The molecule has 0 aromatic carbocycles. The second-order valence-electron chi connectivity index (χ2n) is 3.14. The molecule has 3 N–H and O–H groups in total. The van der Waals surface area contributed by atoms with Crippen LogP contribution in [0.5, 0.6) is 0 Å². The number of nitrogens with one attached hydrogen (secondary N) is 1. The molecular weight excluding hydrogens is 204 g/mol. The van der Waals surface area contributed by atoms with Gasteiger partial charge in [0.1, 0.15) is 0 Å². The summed E-state index contributed by atoms with van der Waals surface area (Å²) in [5.41, 5.74) is 5.33. The summed E-state index contributed by atoms with van der Waals surface area (Å²) in [7, 11) is 0. The largest absolute Gasteiger partial charge is 0.346 e. The molecular formula is C9H17ClN2O2.